The highest BCUT2D eigenvalue weighted by atomic mass is 32.2. The largest absolute Gasteiger partial charge is 0.383 e. The van der Waals surface area contributed by atoms with Gasteiger partial charge in [0.15, 0.2) is 10.8 Å². The monoisotopic (exact) mass is 402 g/mol. The molecule has 0 unspecified atom stereocenters. The number of H-pyrrole nitrogens is 1. The third kappa shape index (κ3) is 4.75. The number of fused-ring (bicyclic) bond motifs is 1. The predicted octanol–water partition coefficient (Wildman–Crippen LogP) is 0.673. The highest BCUT2D eigenvalue weighted by Gasteiger charge is 2.13. The number of carbonyl (C=O) groups is 2. The second-order valence-electron chi connectivity index (χ2n) is 5.59. The number of ether oxygens (including phenoxy) is 1. The summed E-state index contributed by atoms with van der Waals surface area (Å²) >= 11 is 1.01. The number of aromatic amines is 1. The number of thioether (sulfide) groups is 1. The third-order valence-electron chi connectivity index (χ3n) is 3.60. The number of urea groups is 1. The number of hydrogen-bond acceptors (Lipinski definition) is 7. The Morgan fingerprint density at radius 2 is 2.07 bits per heavy atom. The van der Waals surface area contributed by atoms with E-state index in [1.807, 2.05) is 30.3 Å². The van der Waals surface area contributed by atoms with Gasteiger partial charge in [0.25, 0.3) is 5.56 Å². The Kier molecular flexibility index (Phi) is 6.40. The van der Waals surface area contributed by atoms with Gasteiger partial charge in [0.1, 0.15) is 5.39 Å². The molecule has 11 heteroatoms. The molecule has 2 aromatic heterocycles. The highest BCUT2D eigenvalue weighted by Crippen LogP contribution is 2.17. The van der Waals surface area contributed by atoms with Crippen molar-refractivity contribution in [3.05, 3.63) is 46.9 Å². The zero-order chi connectivity index (χ0) is 19.9. The summed E-state index contributed by atoms with van der Waals surface area (Å²) in [5, 5.41) is 9.49. The maximum absolute atomic E-state index is 12.3. The van der Waals surface area contributed by atoms with Crippen LogP contribution in [0.25, 0.3) is 16.7 Å². The maximum atomic E-state index is 12.3. The van der Waals surface area contributed by atoms with Crippen LogP contribution >= 0.6 is 11.8 Å². The van der Waals surface area contributed by atoms with E-state index < -0.39 is 11.9 Å². The van der Waals surface area contributed by atoms with Crippen molar-refractivity contribution in [1.29, 1.82) is 0 Å². The number of methoxy groups -OCH3 is 1. The van der Waals surface area contributed by atoms with Crippen molar-refractivity contribution in [3.8, 4) is 5.69 Å². The van der Waals surface area contributed by atoms with E-state index in [0.717, 1.165) is 17.4 Å². The van der Waals surface area contributed by atoms with Gasteiger partial charge in [-0.2, -0.15) is 5.10 Å². The van der Waals surface area contributed by atoms with E-state index in [9.17, 15) is 14.4 Å². The van der Waals surface area contributed by atoms with E-state index in [4.69, 9.17) is 4.74 Å². The van der Waals surface area contributed by atoms with Crippen LogP contribution in [0.2, 0.25) is 0 Å². The van der Waals surface area contributed by atoms with Crippen molar-refractivity contribution in [2.75, 3.05) is 26.0 Å². The van der Waals surface area contributed by atoms with Gasteiger partial charge >= 0.3 is 6.03 Å². The number of amides is 3. The Balaban J connectivity index is 1.69. The Labute approximate surface area is 163 Å². The fraction of sp³-hybridized carbons (Fsp3) is 0.235. The van der Waals surface area contributed by atoms with Crippen LogP contribution in [0.4, 0.5) is 4.79 Å². The van der Waals surface area contributed by atoms with Crippen LogP contribution in [0.3, 0.4) is 0 Å². The molecular formula is C17H18N6O4S. The van der Waals surface area contributed by atoms with Gasteiger partial charge in [0.05, 0.1) is 24.2 Å². The second kappa shape index (κ2) is 9.15. The summed E-state index contributed by atoms with van der Waals surface area (Å²) in [5.74, 6) is -0.606. The number of nitrogens with one attached hydrogen (secondary N) is 3. The standard InChI is InChI=1S/C17H18N6O4S/c1-27-8-7-18-16(26)20-13(24)10-28-17-21-14-12(15(25)22-17)9-19-23(14)11-5-3-2-4-6-11/h2-6,9H,7-8,10H2,1H3,(H,21,22,25)(H2,18,20,24,26). The minimum atomic E-state index is -0.610. The van der Waals surface area contributed by atoms with Crippen molar-refractivity contribution < 1.29 is 14.3 Å². The van der Waals surface area contributed by atoms with Crippen LogP contribution in [-0.2, 0) is 9.53 Å². The summed E-state index contributed by atoms with van der Waals surface area (Å²) in [5.41, 5.74) is 0.791. The molecule has 28 heavy (non-hydrogen) atoms. The first-order valence-corrected chi connectivity index (χ1v) is 9.30. The molecule has 0 aliphatic heterocycles. The van der Waals surface area contributed by atoms with E-state index >= 15 is 0 Å². The van der Waals surface area contributed by atoms with Crippen LogP contribution < -0.4 is 16.2 Å². The van der Waals surface area contributed by atoms with Crippen LogP contribution in [0.15, 0.2) is 46.5 Å². The zero-order valence-electron chi connectivity index (χ0n) is 15.0. The Morgan fingerprint density at radius 3 is 2.82 bits per heavy atom. The fourth-order valence-electron chi connectivity index (χ4n) is 2.33. The first-order valence-electron chi connectivity index (χ1n) is 8.31. The summed E-state index contributed by atoms with van der Waals surface area (Å²) in [6.07, 6.45) is 1.44. The summed E-state index contributed by atoms with van der Waals surface area (Å²) in [4.78, 5) is 42.7. The summed E-state index contributed by atoms with van der Waals surface area (Å²) < 4.78 is 6.36. The molecular weight excluding hydrogens is 384 g/mol. The second-order valence-corrected chi connectivity index (χ2v) is 6.55. The van der Waals surface area contributed by atoms with Gasteiger partial charge in [-0.3, -0.25) is 14.9 Å². The lowest BCUT2D eigenvalue weighted by Crippen LogP contribution is -2.41. The molecule has 0 bridgehead atoms. The Hall–Kier alpha value is -3.18. The van der Waals surface area contributed by atoms with Gasteiger partial charge in [0.2, 0.25) is 5.91 Å². The van der Waals surface area contributed by atoms with Crippen molar-refractivity contribution >= 4 is 34.7 Å². The van der Waals surface area contributed by atoms with Gasteiger partial charge < -0.3 is 15.0 Å². The van der Waals surface area contributed by atoms with Gasteiger partial charge in [-0.15, -0.1) is 0 Å². The average molecular weight is 402 g/mol. The summed E-state index contributed by atoms with van der Waals surface area (Å²) in [6.45, 7) is 0.633. The van der Waals surface area contributed by atoms with Crippen molar-refractivity contribution in [3.63, 3.8) is 0 Å². The summed E-state index contributed by atoms with van der Waals surface area (Å²) in [7, 11) is 1.51. The van der Waals surface area contributed by atoms with Gasteiger partial charge in [-0.25, -0.2) is 14.5 Å². The fourth-order valence-corrected chi connectivity index (χ4v) is 2.99. The predicted molar refractivity (Wildman–Crippen MR) is 104 cm³/mol. The molecule has 0 fully saturated rings. The first-order chi connectivity index (χ1) is 13.6. The minimum Gasteiger partial charge on any atom is -0.383 e. The Bertz CT molecular complexity index is 1030. The number of rotatable bonds is 7. The van der Waals surface area contributed by atoms with Crippen molar-refractivity contribution in [2.45, 2.75) is 5.16 Å². The van der Waals surface area contributed by atoms with E-state index in [1.54, 1.807) is 4.68 Å². The first kappa shape index (κ1) is 19.6. The molecule has 3 amide bonds. The number of benzene rings is 1. The maximum Gasteiger partial charge on any atom is 0.321 e. The quantitative estimate of drug-likeness (QED) is 0.301. The Morgan fingerprint density at radius 1 is 1.29 bits per heavy atom. The van der Waals surface area contributed by atoms with Crippen LogP contribution in [0.5, 0.6) is 0 Å². The van der Waals surface area contributed by atoms with Crippen molar-refractivity contribution in [1.82, 2.24) is 30.4 Å². The van der Waals surface area contributed by atoms with E-state index in [0.29, 0.717) is 17.6 Å². The lowest BCUT2D eigenvalue weighted by molar-refractivity contribution is -0.117. The molecule has 0 saturated carbocycles. The number of imide groups is 1. The third-order valence-corrected chi connectivity index (χ3v) is 4.48. The molecule has 3 aromatic rings. The molecule has 146 valence electrons. The van der Waals surface area contributed by atoms with Gasteiger partial charge in [-0.05, 0) is 12.1 Å². The van der Waals surface area contributed by atoms with E-state index in [-0.39, 0.29) is 23.0 Å². The zero-order valence-corrected chi connectivity index (χ0v) is 15.8. The number of nitrogens with zero attached hydrogens (tertiary/aromatic N) is 3. The van der Waals surface area contributed by atoms with Crippen LogP contribution in [0.1, 0.15) is 0 Å². The van der Waals surface area contributed by atoms with Gasteiger partial charge in [-0.1, -0.05) is 30.0 Å². The van der Waals surface area contributed by atoms with Crippen LogP contribution in [0, 0.1) is 0 Å². The number of carbonyl (C=O) groups excluding carboxylic acids is 2. The molecule has 3 rings (SSSR count). The highest BCUT2D eigenvalue weighted by molar-refractivity contribution is 7.99. The lowest BCUT2D eigenvalue weighted by Gasteiger charge is -2.06. The molecule has 0 spiro atoms. The molecule has 0 radical (unpaired) electrons. The summed E-state index contributed by atoms with van der Waals surface area (Å²) in [6, 6.07) is 8.67. The average Bonchev–Trinajstić information content (AvgIpc) is 3.12. The van der Waals surface area contributed by atoms with Crippen molar-refractivity contribution in [2.24, 2.45) is 0 Å². The topological polar surface area (TPSA) is 131 Å². The number of para-hydroxylation sites is 1. The molecule has 2 heterocycles. The van der Waals surface area contributed by atoms with E-state index in [1.165, 1.54) is 13.3 Å². The molecule has 1 aromatic carbocycles. The minimum absolute atomic E-state index is 0.0916. The molecule has 3 N–H and O–H groups in total. The van der Waals surface area contributed by atoms with Crippen LogP contribution in [-0.4, -0.2) is 57.7 Å². The lowest BCUT2D eigenvalue weighted by atomic mass is 10.3. The number of aromatic nitrogens is 4. The van der Waals surface area contributed by atoms with E-state index in [2.05, 4.69) is 25.7 Å². The molecule has 0 saturated heterocycles. The smallest absolute Gasteiger partial charge is 0.321 e. The SMILES string of the molecule is COCCNC(=O)NC(=O)CSc1nc2c(cnn2-c2ccccc2)c(=O)[nH]1. The number of hydrogen-bond donors (Lipinski definition) is 3. The molecule has 10 nitrogen and oxygen atoms in total. The molecule has 0 aliphatic carbocycles. The normalized spacial score (nSPS) is 10.8. The van der Waals surface area contributed by atoms with Gasteiger partial charge in [0, 0.05) is 13.7 Å². The molecule has 0 aliphatic rings. The molecule has 0 atom stereocenters.